The van der Waals surface area contributed by atoms with Gasteiger partial charge in [-0.2, -0.15) is 0 Å². The zero-order valence-corrected chi connectivity index (χ0v) is 15.5. The summed E-state index contributed by atoms with van der Waals surface area (Å²) in [7, 11) is 0. The molecule has 138 valence electrons. The molecular weight excluding hydrogens is 362 g/mol. The standard InChI is InChI=1S/C22H20ClNO3/c23-19-8-4-3-7-18(19)22(27)11-13-24(14-12-22)21(26)17-10-9-15-5-1-2-6-16(15)20(17)25/h1-10,25,27H,11-14H2. The van der Waals surface area contributed by atoms with Crippen molar-refractivity contribution >= 4 is 28.3 Å². The number of phenols is 1. The number of hydrogen-bond acceptors (Lipinski definition) is 3. The molecule has 0 aliphatic carbocycles. The number of aliphatic hydroxyl groups is 1. The largest absolute Gasteiger partial charge is 0.506 e. The van der Waals surface area contributed by atoms with Crippen molar-refractivity contribution < 1.29 is 15.0 Å². The van der Waals surface area contributed by atoms with Crippen molar-refractivity contribution in [2.24, 2.45) is 0 Å². The molecule has 5 heteroatoms. The van der Waals surface area contributed by atoms with Crippen LogP contribution in [0, 0.1) is 0 Å². The molecule has 3 aromatic carbocycles. The van der Waals surface area contributed by atoms with Crippen molar-refractivity contribution in [3.05, 3.63) is 76.8 Å². The Morgan fingerprint density at radius 1 is 0.963 bits per heavy atom. The summed E-state index contributed by atoms with van der Waals surface area (Å²) in [4.78, 5) is 14.6. The summed E-state index contributed by atoms with van der Waals surface area (Å²) in [5, 5.41) is 23.7. The van der Waals surface area contributed by atoms with Crippen molar-refractivity contribution in [2.45, 2.75) is 18.4 Å². The number of likely N-dealkylation sites (tertiary alicyclic amines) is 1. The quantitative estimate of drug-likeness (QED) is 0.694. The van der Waals surface area contributed by atoms with E-state index in [-0.39, 0.29) is 17.2 Å². The number of carbonyl (C=O) groups is 1. The molecule has 0 unspecified atom stereocenters. The summed E-state index contributed by atoms with van der Waals surface area (Å²) in [5.74, 6) is -0.218. The summed E-state index contributed by atoms with van der Waals surface area (Å²) < 4.78 is 0. The number of fused-ring (bicyclic) bond motifs is 1. The van der Waals surface area contributed by atoms with Gasteiger partial charge in [0.05, 0.1) is 11.2 Å². The molecule has 0 spiro atoms. The van der Waals surface area contributed by atoms with Crippen LogP contribution in [0.5, 0.6) is 5.75 Å². The van der Waals surface area contributed by atoms with E-state index in [1.165, 1.54) is 0 Å². The van der Waals surface area contributed by atoms with Crippen LogP contribution in [-0.2, 0) is 5.60 Å². The average Bonchev–Trinajstić information content (AvgIpc) is 2.69. The van der Waals surface area contributed by atoms with E-state index in [1.54, 1.807) is 23.1 Å². The lowest BCUT2D eigenvalue weighted by Crippen LogP contribution is -2.45. The Kier molecular flexibility index (Phi) is 4.54. The molecule has 27 heavy (non-hydrogen) atoms. The summed E-state index contributed by atoms with van der Waals surface area (Å²) in [6.45, 7) is 0.791. The highest BCUT2D eigenvalue weighted by atomic mass is 35.5. The van der Waals surface area contributed by atoms with E-state index in [2.05, 4.69) is 0 Å². The fourth-order valence-corrected chi connectivity index (χ4v) is 4.10. The van der Waals surface area contributed by atoms with Gasteiger partial charge in [0.15, 0.2) is 0 Å². The van der Waals surface area contributed by atoms with E-state index in [0.717, 1.165) is 5.39 Å². The lowest BCUT2D eigenvalue weighted by molar-refractivity contribution is -0.0210. The van der Waals surface area contributed by atoms with Crippen LogP contribution < -0.4 is 0 Å². The number of rotatable bonds is 2. The Hall–Kier alpha value is -2.56. The van der Waals surface area contributed by atoms with Gasteiger partial charge in [-0.15, -0.1) is 0 Å². The fourth-order valence-electron chi connectivity index (χ4n) is 3.79. The first-order chi connectivity index (χ1) is 13.0. The van der Waals surface area contributed by atoms with E-state index in [0.29, 0.717) is 41.9 Å². The van der Waals surface area contributed by atoms with Crippen LogP contribution in [0.25, 0.3) is 10.8 Å². The highest BCUT2D eigenvalue weighted by Crippen LogP contribution is 2.37. The zero-order valence-electron chi connectivity index (χ0n) is 14.7. The Morgan fingerprint density at radius 3 is 2.37 bits per heavy atom. The van der Waals surface area contributed by atoms with Crippen LogP contribution in [0.1, 0.15) is 28.8 Å². The predicted octanol–water partition coefficient (Wildman–Crippen LogP) is 4.32. The minimum absolute atomic E-state index is 0.00467. The molecule has 1 fully saturated rings. The SMILES string of the molecule is O=C(c1ccc2ccccc2c1O)N1CCC(O)(c2ccccc2Cl)CC1. The Balaban J connectivity index is 1.56. The molecule has 0 radical (unpaired) electrons. The van der Waals surface area contributed by atoms with E-state index in [4.69, 9.17) is 11.6 Å². The normalized spacial score (nSPS) is 16.4. The van der Waals surface area contributed by atoms with Crippen molar-refractivity contribution in [1.29, 1.82) is 0 Å². The molecule has 0 aromatic heterocycles. The molecule has 1 amide bonds. The van der Waals surface area contributed by atoms with E-state index >= 15 is 0 Å². The highest BCUT2D eigenvalue weighted by Gasteiger charge is 2.37. The number of piperidine rings is 1. The third kappa shape index (κ3) is 3.15. The van der Waals surface area contributed by atoms with Gasteiger partial charge < -0.3 is 15.1 Å². The molecule has 0 bridgehead atoms. The minimum atomic E-state index is -1.04. The third-order valence-electron chi connectivity index (χ3n) is 5.38. The van der Waals surface area contributed by atoms with Gasteiger partial charge in [-0.25, -0.2) is 0 Å². The molecule has 0 atom stereocenters. The monoisotopic (exact) mass is 381 g/mol. The van der Waals surface area contributed by atoms with Gasteiger partial charge in [0.2, 0.25) is 0 Å². The maximum Gasteiger partial charge on any atom is 0.257 e. The number of hydrogen-bond donors (Lipinski definition) is 2. The van der Waals surface area contributed by atoms with Gasteiger partial charge in [-0.1, -0.05) is 60.1 Å². The number of nitrogens with zero attached hydrogens (tertiary/aromatic N) is 1. The lowest BCUT2D eigenvalue weighted by Gasteiger charge is -2.39. The van der Waals surface area contributed by atoms with Gasteiger partial charge in [0, 0.05) is 29.1 Å². The Bertz CT molecular complexity index is 1010. The van der Waals surface area contributed by atoms with Gasteiger partial charge in [0.25, 0.3) is 5.91 Å². The maximum atomic E-state index is 12.9. The van der Waals surface area contributed by atoms with E-state index < -0.39 is 5.60 Å². The molecule has 2 N–H and O–H groups in total. The second-order valence-electron chi connectivity index (χ2n) is 6.99. The summed E-state index contributed by atoms with van der Waals surface area (Å²) in [5.41, 5.74) is -0.0511. The number of halogens is 1. The topological polar surface area (TPSA) is 60.8 Å². The molecule has 0 saturated carbocycles. The predicted molar refractivity (Wildman–Crippen MR) is 106 cm³/mol. The number of benzene rings is 3. The lowest BCUT2D eigenvalue weighted by atomic mass is 9.84. The first-order valence-corrected chi connectivity index (χ1v) is 9.35. The van der Waals surface area contributed by atoms with Crippen LogP contribution >= 0.6 is 11.6 Å². The van der Waals surface area contributed by atoms with E-state index in [9.17, 15) is 15.0 Å². The fraction of sp³-hybridized carbons (Fsp3) is 0.227. The van der Waals surface area contributed by atoms with Crippen molar-refractivity contribution in [3.8, 4) is 5.75 Å². The smallest absolute Gasteiger partial charge is 0.257 e. The van der Waals surface area contributed by atoms with Crippen LogP contribution in [-0.4, -0.2) is 34.1 Å². The van der Waals surface area contributed by atoms with Gasteiger partial charge in [-0.3, -0.25) is 4.79 Å². The molecule has 1 heterocycles. The molecule has 1 saturated heterocycles. The van der Waals surface area contributed by atoms with Crippen LogP contribution in [0.3, 0.4) is 0 Å². The molecule has 1 aliphatic rings. The average molecular weight is 382 g/mol. The second kappa shape index (κ2) is 6.87. The molecule has 4 rings (SSSR count). The van der Waals surface area contributed by atoms with Crippen LogP contribution in [0.15, 0.2) is 60.7 Å². The molecule has 3 aromatic rings. The highest BCUT2D eigenvalue weighted by molar-refractivity contribution is 6.31. The Labute approximate surface area is 162 Å². The zero-order chi connectivity index (χ0) is 19.0. The summed E-state index contributed by atoms with van der Waals surface area (Å²) in [6, 6.07) is 18.2. The van der Waals surface area contributed by atoms with Crippen molar-refractivity contribution in [3.63, 3.8) is 0 Å². The Morgan fingerprint density at radius 2 is 1.63 bits per heavy atom. The van der Waals surface area contributed by atoms with Crippen molar-refractivity contribution in [2.75, 3.05) is 13.1 Å². The number of aromatic hydroxyl groups is 1. The summed E-state index contributed by atoms with van der Waals surface area (Å²) in [6.07, 6.45) is 0.799. The van der Waals surface area contributed by atoms with Crippen LogP contribution in [0.4, 0.5) is 0 Å². The van der Waals surface area contributed by atoms with Gasteiger partial charge >= 0.3 is 0 Å². The second-order valence-corrected chi connectivity index (χ2v) is 7.39. The number of carbonyl (C=O) groups excluding carboxylic acids is 1. The molecular formula is C22H20ClNO3. The molecule has 4 nitrogen and oxygen atoms in total. The first kappa shape index (κ1) is 17.8. The third-order valence-corrected chi connectivity index (χ3v) is 5.71. The van der Waals surface area contributed by atoms with Gasteiger partial charge in [-0.05, 0) is 30.4 Å². The summed E-state index contributed by atoms with van der Waals surface area (Å²) >= 11 is 6.24. The minimum Gasteiger partial charge on any atom is -0.506 e. The van der Waals surface area contributed by atoms with Crippen LogP contribution in [0.2, 0.25) is 5.02 Å². The number of phenolic OH excluding ortho intramolecular Hbond substituents is 1. The molecule has 1 aliphatic heterocycles. The number of amides is 1. The maximum absolute atomic E-state index is 12.9. The van der Waals surface area contributed by atoms with Crippen molar-refractivity contribution in [1.82, 2.24) is 4.90 Å². The van der Waals surface area contributed by atoms with Gasteiger partial charge in [0.1, 0.15) is 5.75 Å². The van der Waals surface area contributed by atoms with E-state index in [1.807, 2.05) is 42.5 Å². The first-order valence-electron chi connectivity index (χ1n) is 8.97.